The van der Waals surface area contributed by atoms with E-state index in [4.69, 9.17) is 10.2 Å². The molecule has 0 saturated carbocycles. The van der Waals surface area contributed by atoms with Crippen molar-refractivity contribution in [3.8, 4) is 0 Å². The molecule has 0 aliphatic heterocycles. The second kappa shape index (κ2) is 6.31. The second-order valence-electron chi connectivity index (χ2n) is 4.21. The number of benzene rings is 1. The van der Waals surface area contributed by atoms with Crippen LogP contribution in [-0.4, -0.2) is 31.8 Å². The zero-order chi connectivity index (χ0) is 16.3. The van der Waals surface area contributed by atoms with Crippen molar-refractivity contribution in [1.29, 1.82) is 0 Å². The van der Waals surface area contributed by atoms with Crippen molar-refractivity contribution in [2.24, 2.45) is 5.14 Å². The van der Waals surface area contributed by atoms with Gasteiger partial charge in [-0.2, -0.15) is 13.2 Å². The normalized spacial score (nSPS) is 12.2. The van der Waals surface area contributed by atoms with Crippen LogP contribution < -0.4 is 10.5 Å². The van der Waals surface area contributed by atoms with Crippen LogP contribution in [0.4, 0.5) is 18.9 Å². The van der Waals surface area contributed by atoms with E-state index in [-0.39, 0.29) is 24.4 Å². The fraction of sp³-hybridized carbons (Fsp3) is 0.364. The Kier molecular flexibility index (Phi) is 5.18. The van der Waals surface area contributed by atoms with E-state index in [1.807, 2.05) is 0 Å². The molecule has 1 aromatic rings. The van der Waals surface area contributed by atoms with Gasteiger partial charge in [0.2, 0.25) is 10.0 Å². The SMILES string of the molecule is NS(=O)(=O)CCCNc1ccc(C(F)(F)F)cc1C(=O)O. The first-order valence-electron chi connectivity index (χ1n) is 5.69. The molecule has 10 heteroatoms. The number of aromatic carboxylic acids is 1. The van der Waals surface area contributed by atoms with Crippen LogP contribution in [0.1, 0.15) is 22.3 Å². The second-order valence-corrected chi connectivity index (χ2v) is 5.94. The molecule has 0 saturated heterocycles. The van der Waals surface area contributed by atoms with Crippen molar-refractivity contribution in [2.75, 3.05) is 17.6 Å². The van der Waals surface area contributed by atoms with E-state index in [1.54, 1.807) is 0 Å². The lowest BCUT2D eigenvalue weighted by Crippen LogP contribution is -2.19. The highest BCUT2D eigenvalue weighted by atomic mass is 32.2. The summed E-state index contributed by atoms with van der Waals surface area (Å²) in [6, 6.07) is 2.25. The Balaban J connectivity index is 2.85. The number of halogens is 3. The third-order valence-corrected chi connectivity index (χ3v) is 3.36. The Morgan fingerprint density at radius 1 is 1.33 bits per heavy atom. The highest BCUT2D eigenvalue weighted by molar-refractivity contribution is 7.89. The molecule has 0 aliphatic rings. The predicted molar refractivity (Wildman–Crippen MR) is 69.5 cm³/mol. The fourth-order valence-electron chi connectivity index (χ4n) is 1.55. The van der Waals surface area contributed by atoms with E-state index in [1.165, 1.54) is 0 Å². The Morgan fingerprint density at radius 3 is 2.43 bits per heavy atom. The van der Waals surface area contributed by atoms with Crippen molar-refractivity contribution in [1.82, 2.24) is 0 Å². The molecule has 1 aromatic carbocycles. The minimum absolute atomic E-state index is 0.0232. The summed E-state index contributed by atoms with van der Waals surface area (Å²) in [5.41, 5.74) is -1.64. The van der Waals surface area contributed by atoms with Gasteiger partial charge in [0.25, 0.3) is 0 Å². The average molecular weight is 326 g/mol. The molecule has 0 amide bonds. The summed E-state index contributed by atoms with van der Waals surface area (Å²) in [4.78, 5) is 11.0. The number of anilines is 1. The third-order valence-electron chi connectivity index (χ3n) is 2.50. The number of nitrogens with one attached hydrogen (secondary N) is 1. The number of rotatable bonds is 6. The fourth-order valence-corrected chi connectivity index (χ4v) is 2.09. The van der Waals surface area contributed by atoms with Gasteiger partial charge < -0.3 is 10.4 Å². The number of hydrogen-bond acceptors (Lipinski definition) is 4. The molecule has 4 N–H and O–H groups in total. The van der Waals surface area contributed by atoms with Crippen molar-refractivity contribution >= 4 is 21.7 Å². The number of nitrogens with two attached hydrogens (primary N) is 1. The van der Waals surface area contributed by atoms with Gasteiger partial charge in [-0.3, -0.25) is 0 Å². The molecule has 21 heavy (non-hydrogen) atoms. The van der Waals surface area contributed by atoms with Crippen LogP contribution in [0.3, 0.4) is 0 Å². The van der Waals surface area contributed by atoms with Crippen LogP contribution in [0.15, 0.2) is 18.2 Å². The van der Waals surface area contributed by atoms with Crippen LogP contribution in [0.5, 0.6) is 0 Å². The molecule has 0 radical (unpaired) electrons. The van der Waals surface area contributed by atoms with Crippen molar-refractivity contribution in [2.45, 2.75) is 12.6 Å². The summed E-state index contributed by atoms with van der Waals surface area (Å²) in [6.45, 7) is 0.0576. The van der Waals surface area contributed by atoms with E-state index in [0.29, 0.717) is 6.07 Å². The molecule has 0 heterocycles. The highest BCUT2D eigenvalue weighted by Gasteiger charge is 2.31. The van der Waals surface area contributed by atoms with E-state index >= 15 is 0 Å². The van der Waals surface area contributed by atoms with Crippen LogP contribution in [0.25, 0.3) is 0 Å². The lowest BCUT2D eigenvalue weighted by Gasteiger charge is -2.12. The standard InChI is InChI=1S/C11H13F3N2O4S/c12-11(13,14)7-2-3-9(8(6-7)10(17)18)16-4-1-5-21(15,19)20/h2-3,6,16H,1,4-5H2,(H,17,18)(H2,15,19,20). The maximum Gasteiger partial charge on any atom is 0.416 e. The number of carboxylic acids is 1. The van der Waals surface area contributed by atoms with E-state index < -0.39 is 33.3 Å². The summed E-state index contributed by atoms with van der Waals surface area (Å²) in [6.07, 6.45) is -4.55. The number of hydrogen-bond donors (Lipinski definition) is 3. The number of carboxylic acid groups (broad SMARTS) is 1. The minimum atomic E-state index is -4.64. The molecule has 0 atom stereocenters. The molecule has 1 rings (SSSR count). The number of alkyl halides is 3. The van der Waals surface area contributed by atoms with Gasteiger partial charge in [0, 0.05) is 12.2 Å². The minimum Gasteiger partial charge on any atom is -0.478 e. The van der Waals surface area contributed by atoms with Gasteiger partial charge in [-0.15, -0.1) is 0 Å². The van der Waals surface area contributed by atoms with Crippen LogP contribution >= 0.6 is 0 Å². The van der Waals surface area contributed by atoms with Crippen molar-refractivity contribution in [3.63, 3.8) is 0 Å². The molecule has 0 spiro atoms. The van der Waals surface area contributed by atoms with Crippen LogP contribution in [0.2, 0.25) is 0 Å². The van der Waals surface area contributed by atoms with Crippen LogP contribution in [0, 0.1) is 0 Å². The van der Waals surface area contributed by atoms with Gasteiger partial charge in [-0.25, -0.2) is 18.4 Å². The zero-order valence-corrected chi connectivity index (χ0v) is 11.5. The maximum absolute atomic E-state index is 12.5. The largest absolute Gasteiger partial charge is 0.478 e. The van der Waals surface area contributed by atoms with Gasteiger partial charge in [0.1, 0.15) is 0 Å². The first-order chi connectivity index (χ1) is 9.50. The summed E-state index contributed by atoms with van der Waals surface area (Å²) in [7, 11) is -3.64. The average Bonchev–Trinajstić information content (AvgIpc) is 2.32. The van der Waals surface area contributed by atoms with Gasteiger partial charge in [-0.1, -0.05) is 0 Å². The first kappa shape index (κ1) is 17.2. The molecule has 0 bridgehead atoms. The summed E-state index contributed by atoms with van der Waals surface area (Å²) >= 11 is 0. The van der Waals surface area contributed by atoms with Crippen molar-refractivity contribution in [3.05, 3.63) is 29.3 Å². The van der Waals surface area contributed by atoms with Gasteiger partial charge >= 0.3 is 12.1 Å². The van der Waals surface area contributed by atoms with E-state index in [9.17, 15) is 26.4 Å². The van der Waals surface area contributed by atoms with E-state index in [2.05, 4.69) is 5.32 Å². The zero-order valence-electron chi connectivity index (χ0n) is 10.6. The summed E-state index contributed by atoms with van der Waals surface area (Å²) in [5.74, 6) is -1.83. The molecule has 0 fully saturated rings. The number of carbonyl (C=O) groups is 1. The Hall–Kier alpha value is -1.81. The summed E-state index contributed by atoms with van der Waals surface area (Å²) < 4.78 is 58.9. The number of primary sulfonamides is 1. The van der Waals surface area contributed by atoms with Gasteiger partial charge in [0.05, 0.1) is 16.9 Å². The molecule has 118 valence electrons. The lowest BCUT2D eigenvalue weighted by molar-refractivity contribution is -0.137. The topological polar surface area (TPSA) is 109 Å². The Bertz CT molecular complexity index is 629. The molecule has 6 nitrogen and oxygen atoms in total. The van der Waals surface area contributed by atoms with Gasteiger partial charge in [0.15, 0.2) is 0 Å². The molecule has 0 aromatic heterocycles. The lowest BCUT2D eigenvalue weighted by atomic mass is 10.1. The highest BCUT2D eigenvalue weighted by Crippen LogP contribution is 2.31. The monoisotopic (exact) mass is 326 g/mol. The molecule has 0 aliphatic carbocycles. The molecular formula is C11H13F3N2O4S. The van der Waals surface area contributed by atoms with Gasteiger partial charge in [-0.05, 0) is 24.6 Å². The van der Waals surface area contributed by atoms with Crippen LogP contribution in [-0.2, 0) is 16.2 Å². The third kappa shape index (κ3) is 5.60. The Labute approximate surface area is 118 Å². The first-order valence-corrected chi connectivity index (χ1v) is 7.41. The quantitative estimate of drug-likeness (QED) is 0.686. The Morgan fingerprint density at radius 2 is 1.95 bits per heavy atom. The maximum atomic E-state index is 12.5. The molecule has 0 unspecified atom stereocenters. The number of sulfonamides is 1. The molecular weight excluding hydrogens is 313 g/mol. The smallest absolute Gasteiger partial charge is 0.416 e. The van der Waals surface area contributed by atoms with E-state index in [0.717, 1.165) is 12.1 Å². The van der Waals surface area contributed by atoms with Crippen molar-refractivity contribution < 1.29 is 31.5 Å². The predicted octanol–water partition coefficient (Wildman–Crippen LogP) is 1.49. The summed E-state index contributed by atoms with van der Waals surface area (Å²) in [5, 5.41) is 16.3.